The molecule has 3 nitrogen and oxygen atoms in total. The van der Waals surface area contributed by atoms with Crippen LogP contribution in [0.25, 0.3) is 0 Å². The second-order valence-electron chi connectivity index (χ2n) is 18.4. The molecule has 2 unspecified atom stereocenters. The monoisotopic (exact) mass is 705 g/mol. The van der Waals surface area contributed by atoms with Crippen molar-refractivity contribution in [2.45, 2.75) is 135 Å². The Labute approximate surface area is 302 Å². The third-order valence-electron chi connectivity index (χ3n) is 11.8. The molecule has 3 aromatic carbocycles. The van der Waals surface area contributed by atoms with Crippen molar-refractivity contribution in [2.24, 2.45) is 16.8 Å². The fourth-order valence-electron chi connectivity index (χ4n) is 10.8. The summed E-state index contributed by atoms with van der Waals surface area (Å²) in [5.41, 5.74) is 9.23. The zero-order chi connectivity index (χ0) is 35.3. The normalized spacial score (nSPS) is 28.9. The van der Waals surface area contributed by atoms with E-state index in [-0.39, 0.29) is 15.9 Å². The minimum Gasteiger partial charge on any atom is -0.274 e. The van der Waals surface area contributed by atoms with Gasteiger partial charge in [-0.15, -0.1) is 0 Å². The summed E-state index contributed by atoms with van der Waals surface area (Å²) in [6.07, 6.45) is 3.87. The largest absolute Gasteiger partial charge is 0.274 e. The molecule has 0 aromatic heterocycles. The van der Waals surface area contributed by atoms with Crippen molar-refractivity contribution in [3.8, 4) is 0 Å². The highest BCUT2D eigenvalue weighted by Gasteiger charge is 2.79. The Kier molecular flexibility index (Phi) is 8.68. The Balaban J connectivity index is 1.67. The summed E-state index contributed by atoms with van der Waals surface area (Å²) in [5.74, 6) is 2.02. The van der Waals surface area contributed by atoms with Crippen molar-refractivity contribution in [2.75, 3.05) is 0 Å². The standard InChI is InChI=1S/C43H60N3PSi2/c1-29(2)35-24-19-25-36(30(3)4)38(35)44-37-32-26-27-33(28-32)39(37)47(45(41(5,6)7)49(11,12)46(47)42(8,9)10)43(34-22-17-14-18-23-34)40(48-43)31-20-15-13-16-21-31/h13-25,29-30,32-33,40H,26-28H2,1-12H3/t32?,33?,40-,43+/m0/s1. The van der Waals surface area contributed by atoms with Gasteiger partial charge in [0.25, 0.3) is 0 Å². The molecule has 6 heteroatoms. The van der Waals surface area contributed by atoms with Gasteiger partial charge in [-0.3, -0.25) is 13.7 Å². The van der Waals surface area contributed by atoms with E-state index in [2.05, 4.69) is 170 Å². The molecule has 0 amide bonds. The highest BCUT2D eigenvalue weighted by Crippen LogP contribution is 2.90. The Morgan fingerprint density at radius 1 is 0.735 bits per heavy atom. The molecule has 2 aliphatic carbocycles. The van der Waals surface area contributed by atoms with E-state index in [1.807, 2.05) is 0 Å². The lowest BCUT2D eigenvalue weighted by atomic mass is 9.92. The van der Waals surface area contributed by atoms with Gasteiger partial charge in [-0.05, 0) is 119 Å². The number of hydrogen-bond acceptors (Lipinski definition) is 3. The van der Waals surface area contributed by atoms with E-state index in [9.17, 15) is 0 Å². The molecule has 260 valence electrons. The molecular weight excluding hydrogens is 646 g/mol. The van der Waals surface area contributed by atoms with Crippen LogP contribution in [0.15, 0.2) is 83.9 Å². The Morgan fingerprint density at radius 3 is 1.76 bits per heavy atom. The van der Waals surface area contributed by atoms with E-state index in [0.717, 1.165) is 9.52 Å². The number of para-hydroxylation sites is 1. The van der Waals surface area contributed by atoms with Crippen molar-refractivity contribution in [1.29, 1.82) is 0 Å². The van der Waals surface area contributed by atoms with E-state index < -0.39 is 15.6 Å². The smallest absolute Gasteiger partial charge is 0.210 e. The molecule has 4 fully saturated rings. The maximum Gasteiger partial charge on any atom is 0.210 e. The number of nitrogens with zero attached hydrogens (tertiary/aromatic N) is 3. The number of hydrogen-bond donors (Lipinski definition) is 0. The highest BCUT2D eigenvalue weighted by atomic mass is 31.2. The third kappa shape index (κ3) is 5.19. The minimum absolute atomic E-state index is 0.0280. The summed E-state index contributed by atoms with van der Waals surface area (Å²) in [6, 6.07) is 30.4. The topological polar surface area (TPSA) is 18.8 Å². The first-order chi connectivity index (χ1) is 23.0. The number of fused-ring (bicyclic) bond motifs is 2. The number of aliphatic imine (C=N–C) groups is 1. The predicted molar refractivity (Wildman–Crippen MR) is 218 cm³/mol. The van der Waals surface area contributed by atoms with Gasteiger partial charge in [0.05, 0.1) is 20.9 Å². The molecule has 2 aliphatic heterocycles. The van der Waals surface area contributed by atoms with Gasteiger partial charge in [-0.2, -0.15) is 0 Å². The molecule has 0 N–H and O–H groups in total. The quantitative estimate of drug-likeness (QED) is 0.188. The fraction of sp³-hybridized carbons (Fsp3) is 0.535. The lowest BCUT2D eigenvalue weighted by molar-refractivity contribution is 0.231. The zero-order valence-electron chi connectivity index (χ0n) is 32.3. The van der Waals surface area contributed by atoms with E-state index in [1.54, 1.807) is 10.9 Å². The van der Waals surface area contributed by atoms with Crippen LogP contribution in [0.4, 0.5) is 5.69 Å². The Hall–Kier alpha value is -2.02. The molecule has 2 heterocycles. The zero-order valence-corrected chi connectivity index (χ0v) is 35.2. The number of benzene rings is 3. The van der Waals surface area contributed by atoms with Crippen LogP contribution in [0.2, 0.25) is 13.1 Å². The molecule has 3 aromatic rings. The van der Waals surface area contributed by atoms with Crippen LogP contribution < -0.4 is 0 Å². The second-order valence-corrected chi connectivity index (χ2v) is 28.3. The van der Waals surface area contributed by atoms with Crippen LogP contribution in [0.5, 0.6) is 0 Å². The van der Waals surface area contributed by atoms with E-state index >= 15 is 0 Å². The first-order valence-electron chi connectivity index (χ1n) is 19.0. The molecule has 7 rings (SSSR count). The molecular formula is C43H60N3PSi2. The first kappa shape index (κ1) is 35.4. The maximum absolute atomic E-state index is 6.10. The van der Waals surface area contributed by atoms with Gasteiger partial charge in [-0.25, -0.2) is 0 Å². The van der Waals surface area contributed by atoms with Crippen molar-refractivity contribution < 1.29 is 0 Å². The van der Waals surface area contributed by atoms with Gasteiger partial charge >= 0.3 is 0 Å². The average molecular weight is 706 g/mol. The SMILES string of the molecule is CC(C)c1cccc(C(C)C)c1N=C1C(=P2([C@]3(c4ccccc4)[Si][C@H]3c3ccccc3)N(C(C)(C)C)[Si](C)(C)N2C(C)(C)C)C2CCC1C2. The summed E-state index contributed by atoms with van der Waals surface area (Å²) in [5, 5.41) is 1.79. The molecule has 4 aliphatic rings. The fourth-order valence-corrected chi connectivity index (χ4v) is 32.3. The van der Waals surface area contributed by atoms with Crippen LogP contribution in [0.3, 0.4) is 0 Å². The summed E-state index contributed by atoms with van der Waals surface area (Å²) >= 11 is 0. The summed E-state index contributed by atoms with van der Waals surface area (Å²) in [7, 11) is -3.46. The number of rotatable bonds is 6. The average Bonchev–Trinajstić information content (AvgIpc) is 3.46. The lowest BCUT2D eigenvalue weighted by Gasteiger charge is -2.77. The van der Waals surface area contributed by atoms with Gasteiger partial charge in [0.2, 0.25) is 8.40 Å². The second kappa shape index (κ2) is 12.0. The highest BCUT2D eigenvalue weighted by molar-refractivity contribution is 7.83. The van der Waals surface area contributed by atoms with E-state index in [0.29, 0.717) is 29.2 Å². The van der Waals surface area contributed by atoms with Crippen LogP contribution in [-0.2, 0) is 4.78 Å². The predicted octanol–water partition coefficient (Wildman–Crippen LogP) is 11.7. The van der Waals surface area contributed by atoms with Crippen molar-refractivity contribution in [3.05, 3.63) is 101 Å². The van der Waals surface area contributed by atoms with Crippen LogP contribution in [-0.4, -0.2) is 48.7 Å². The van der Waals surface area contributed by atoms with E-state index in [1.165, 1.54) is 47.4 Å². The van der Waals surface area contributed by atoms with Crippen LogP contribution in [0, 0.1) is 11.8 Å². The lowest BCUT2D eigenvalue weighted by Crippen LogP contribution is -2.80. The van der Waals surface area contributed by atoms with Gasteiger partial charge in [0, 0.05) is 34.3 Å². The van der Waals surface area contributed by atoms with Crippen LogP contribution in [0.1, 0.15) is 128 Å². The van der Waals surface area contributed by atoms with Gasteiger partial charge in [-0.1, -0.05) is 107 Å². The summed E-state index contributed by atoms with van der Waals surface area (Å²) in [6.45, 7) is 30.0. The van der Waals surface area contributed by atoms with Crippen molar-refractivity contribution in [3.63, 3.8) is 0 Å². The Bertz CT molecular complexity index is 1760. The van der Waals surface area contributed by atoms with Gasteiger partial charge in [0.1, 0.15) is 0 Å². The molecule has 49 heavy (non-hydrogen) atoms. The summed E-state index contributed by atoms with van der Waals surface area (Å²) in [4.78, 5) is 6.10. The van der Waals surface area contributed by atoms with Crippen molar-refractivity contribution in [1.82, 2.24) is 8.67 Å². The summed E-state index contributed by atoms with van der Waals surface area (Å²) < 4.78 is 6.52. The molecule has 4 atom stereocenters. The molecule has 0 spiro atoms. The van der Waals surface area contributed by atoms with Gasteiger partial charge in [0.15, 0.2) is 0 Å². The van der Waals surface area contributed by atoms with Crippen LogP contribution >= 0.6 is 7.19 Å². The molecule has 2 saturated carbocycles. The maximum atomic E-state index is 6.10. The third-order valence-corrected chi connectivity index (χ3v) is 28.3. The molecule has 2 radical (unpaired) electrons. The van der Waals surface area contributed by atoms with Gasteiger partial charge < -0.3 is 0 Å². The molecule has 2 bridgehead atoms. The van der Waals surface area contributed by atoms with Crippen molar-refractivity contribution >= 4 is 41.8 Å². The Morgan fingerprint density at radius 2 is 1.24 bits per heavy atom. The minimum atomic E-state index is -2.22. The molecule has 2 saturated heterocycles. The first-order valence-corrected chi connectivity index (χ1v) is 24.6. The van der Waals surface area contributed by atoms with E-state index in [4.69, 9.17) is 4.99 Å².